The first kappa shape index (κ1) is 15.5. The second-order valence-corrected chi connectivity index (χ2v) is 5.84. The number of fused-ring (bicyclic) bond motifs is 1. The van der Waals surface area contributed by atoms with Crippen LogP contribution in [0.25, 0.3) is 0 Å². The van der Waals surface area contributed by atoms with Crippen LogP contribution in [0, 0.1) is 0 Å². The van der Waals surface area contributed by atoms with Gasteiger partial charge in [-0.05, 0) is 0 Å². The molecule has 0 spiro atoms. The zero-order valence-electron chi connectivity index (χ0n) is 10.1. The van der Waals surface area contributed by atoms with Crippen LogP contribution in [-0.2, 0) is 33.3 Å². The summed E-state index contributed by atoms with van der Waals surface area (Å²) in [5.74, 6) is -0.602. The standard InChI is InChI=1S/C9H11F3O7S/c1-4(13)18-5-2-16-8-6(3-17-7(5)8)19-20(14,15)9(10,11)12/h5-8H,2-3H2,1H3/t5-,6-,7-,8-/m0/s1. The summed E-state index contributed by atoms with van der Waals surface area (Å²) in [4.78, 5) is 10.8. The maximum atomic E-state index is 12.2. The predicted octanol–water partition coefficient (Wildman–Crippen LogP) is -0.0495. The Balaban J connectivity index is 2.03. The van der Waals surface area contributed by atoms with Crippen molar-refractivity contribution in [3.63, 3.8) is 0 Å². The van der Waals surface area contributed by atoms with Gasteiger partial charge in [-0.2, -0.15) is 21.6 Å². The first-order valence-electron chi connectivity index (χ1n) is 5.52. The van der Waals surface area contributed by atoms with Gasteiger partial charge in [0.15, 0.2) is 6.10 Å². The van der Waals surface area contributed by atoms with E-state index in [4.69, 9.17) is 14.2 Å². The molecule has 11 heteroatoms. The minimum Gasteiger partial charge on any atom is -0.457 e. The van der Waals surface area contributed by atoms with Gasteiger partial charge >= 0.3 is 21.6 Å². The quantitative estimate of drug-likeness (QED) is 0.409. The van der Waals surface area contributed by atoms with Crippen LogP contribution in [0.15, 0.2) is 0 Å². The Hall–Kier alpha value is -0.910. The molecule has 0 radical (unpaired) electrons. The number of halogens is 3. The third-order valence-electron chi connectivity index (χ3n) is 2.81. The summed E-state index contributed by atoms with van der Waals surface area (Å²) in [6.45, 7) is 0.660. The van der Waals surface area contributed by atoms with E-state index < -0.39 is 52.6 Å². The van der Waals surface area contributed by atoms with E-state index in [-0.39, 0.29) is 6.61 Å². The number of alkyl halides is 3. The van der Waals surface area contributed by atoms with Crippen molar-refractivity contribution < 1.29 is 44.8 Å². The minimum atomic E-state index is -5.73. The van der Waals surface area contributed by atoms with Crippen molar-refractivity contribution in [2.75, 3.05) is 13.2 Å². The summed E-state index contributed by atoms with van der Waals surface area (Å²) >= 11 is 0. The van der Waals surface area contributed by atoms with Gasteiger partial charge in [-0.3, -0.25) is 8.98 Å². The Morgan fingerprint density at radius 2 is 1.65 bits per heavy atom. The van der Waals surface area contributed by atoms with E-state index in [1.807, 2.05) is 0 Å². The molecule has 7 nitrogen and oxygen atoms in total. The summed E-state index contributed by atoms with van der Waals surface area (Å²) in [7, 11) is -5.73. The van der Waals surface area contributed by atoms with E-state index in [9.17, 15) is 26.4 Å². The monoisotopic (exact) mass is 320 g/mol. The molecule has 2 saturated heterocycles. The molecule has 0 bridgehead atoms. The molecule has 2 aliphatic rings. The fourth-order valence-corrected chi connectivity index (χ4v) is 2.64. The van der Waals surface area contributed by atoms with E-state index in [0.717, 1.165) is 6.92 Å². The maximum absolute atomic E-state index is 12.2. The average Bonchev–Trinajstić information content (AvgIpc) is 2.81. The number of esters is 1. The van der Waals surface area contributed by atoms with E-state index in [2.05, 4.69) is 4.18 Å². The van der Waals surface area contributed by atoms with Gasteiger partial charge in [-0.15, -0.1) is 0 Å². The highest BCUT2D eigenvalue weighted by Crippen LogP contribution is 2.34. The van der Waals surface area contributed by atoms with Gasteiger partial charge in [0.2, 0.25) is 0 Å². The molecule has 0 unspecified atom stereocenters. The fourth-order valence-electron chi connectivity index (χ4n) is 2.04. The highest BCUT2D eigenvalue weighted by molar-refractivity contribution is 7.87. The number of rotatable bonds is 3. The minimum absolute atomic E-state index is 0.0964. The molecule has 4 atom stereocenters. The van der Waals surface area contributed by atoms with Crippen molar-refractivity contribution in [2.45, 2.75) is 36.8 Å². The Morgan fingerprint density at radius 3 is 2.15 bits per heavy atom. The molecule has 2 aliphatic heterocycles. The van der Waals surface area contributed by atoms with Gasteiger partial charge in [0.25, 0.3) is 0 Å². The van der Waals surface area contributed by atoms with Crippen LogP contribution >= 0.6 is 0 Å². The van der Waals surface area contributed by atoms with E-state index >= 15 is 0 Å². The molecular formula is C9H11F3O7S. The normalized spacial score (nSPS) is 34.0. The van der Waals surface area contributed by atoms with Gasteiger partial charge < -0.3 is 14.2 Å². The van der Waals surface area contributed by atoms with Gasteiger partial charge in [0, 0.05) is 6.92 Å². The van der Waals surface area contributed by atoms with Gasteiger partial charge in [-0.25, -0.2) is 0 Å². The number of carbonyl (C=O) groups is 1. The topological polar surface area (TPSA) is 88.1 Å². The van der Waals surface area contributed by atoms with Crippen molar-refractivity contribution in [2.24, 2.45) is 0 Å². The van der Waals surface area contributed by atoms with Gasteiger partial charge in [0.1, 0.15) is 18.3 Å². The van der Waals surface area contributed by atoms with Crippen LogP contribution in [0.2, 0.25) is 0 Å². The smallest absolute Gasteiger partial charge is 0.457 e. The summed E-state index contributed by atoms with van der Waals surface area (Å²) in [5.41, 5.74) is -5.51. The van der Waals surface area contributed by atoms with Crippen molar-refractivity contribution in [1.82, 2.24) is 0 Å². The fraction of sp³-hybridized carbons (Fsp3) is 0.889. The van der Waals surface area contributed by atoms with Crippen molar-refractivity contribution in [3.8, 4) is 0 Å². The number of hydrogen-bond donors (Lipinski definition) is 0. The van der Waals surface area contributed by atoms with Crippen LogP contribution in [-0.4, -0.2) is 57.5 Å². The van der Waals surface area contributed by atoms with Crippen molar-refractivity contribution >= 4 is 16.1 Å². The van der Waals surface area contributed by atoms with Crippen molar-refractivity contribution in [1.29, 1.82) is 0 Å². The summed E-state index contributed by atoms with van der Waals surface area (Å²) < 4.78 is 77.6. The zero-order chi connectivity index (χ0) is 15.1. The predicted molar refractivity (Wildman–Crippen MR) is 54.9 cm³/mol. The molecule has 2 rings (SSSR count). The lowest BCUT2D eigenvalue weighted by Gasteiger charge is -2.17. The second kappa shape index (κ2) is 5.13. The lowest BCUT2D eigenvalue weighted by molar-refractivity contribution is -0.151. The lowest BCUT2D eigenvalue weighted by atomic mass is 10.1. The van der Waals surface area contributed by atoms with E-state index in [1.165, 1.54) is 0 Å². The second-order valence-electron chi connectivity index (χ2n) is 4.28. The molecule has 0 aromatic heterocycles. The number of carbonyl (C=O) groups excluding carboxylic acids is 1. The Bertz CT molecular complexity index is 488. The summed E-state index contributed by atoms with van der Waals surface area (Å²) in [6, 6.07) is 0. The molecule has 0 aromatic rings. The molecule has 0 aliphatic carbocycles. The first-order chi connectivity index (χ1) is 9.12. The van der Waals surface area contributed by atoms with E-state index in [1.54, 1.807) is 0 Å². The molecule has 2 heterocycles. The van der Waals surface area contributed by atoms with Crippen LogP contribution in [0.4, 0.5) is 13.2 Å². The molecule has 20 heavy (non-hydrogen) atoms. The Labute approximate surface area is 112 Å². The highest BCUT2D eigenvalue weighted by Gasteiger charge is 2.55. The van der Waals surface area contributed by atoms with Gasteiger partial charge in [-0.1, -0.05) is 0 Å². The van der Waals surface area contributed by atoms with Crippen molar-refractivity contribution in [3.05, 3.63) is 0 Å². The zero-order valence-corrected chi connectivity index (χ0v) is 10.9. The first-order valence-corrected chi connectivity index (χ1v) is 6.92. The van der Waals surface area contributed by atoms with Crippen LogP contribution < -0.4 is 0 Å². The molecule has 0 amide bonds. The molecule has 0 saturated carbocycles. The van der Waals surface area contributed by atoms with Crippen LogP contribution in [0.1, 0.15) is 6.92 Å². The average molecular weight is 320 g/mol. The summed E-state index contributed by atoms with van der Waals surface area (Å²) in [6.07, 6.45) is -4.09. The molecular weight excluding hydrogens is 309 g/mol. The van der Waals surface area contributed by atoms with Gasteiger partial charge in [0.05, 0.1) is 13.2 Å². The number of hydrogen-bond acceptors (Lipinski definition) is 7. The molecule has 116 valence electrons. The Morgan fingerprint density at radius 1 is 1.15 bits per heavy atom. The third-order valence-corrected chi connectivity index (χ3v) is 3.88. The van der Waals surface area contributed by atoms with E-state index in [0.29, 0.717) is 0 Å². The third kappa shape index (κ3) is 2.90. The van der Waals surface area contributed by atoms with Crippen LogP contribution in [0.3, 0.4) is 0 Å². The molecule has 0 N–H and O–H groups in total. The maximum Gasteiger partial charge on any atom is 0.523 e. The summed E-state index contributed by atoms with van der Waals surface area (Å²) in [5, 5.41) is 0. The largest absolute Gasteiger partial charge is 0.523 e. The Kier molecular flexibility index (Phi) is 3.97. The lowest BCUT2D eigenvalue weighted by Crippen LogP contribution is -2.38. The van der Waals surface area contributed by atoms with Crippen LogP contribution in [0.5, 0.6) is 0 Å². The molecule has 2 fully saturated rings. The highest BCUT2D eigenvalue weighted by atomic mass is 32.2. The SMILES string of the molecule is CC(=O)O[C@H]1CO[C@@H]2[C@H]1OC[C@@H]2OS(=O)(=O)C(F)(F)F. The number of ether oxygens (including phenoxy) is 3. The molecule has 0 aromatic carbocycles.